The number of aliphatic carboxylic acids is 1. The second kappa shape index (κ2) is 8.35. The molecule has 8 heteroatoms. The van der Waals surface area contributed by atoms with Crippen molar-refractivity contribution in [3.63, 3.8) is 0 Å². The molecule has 136 valence electrons. The molecule has 7 nitrogen and oxygen atoms in total. The van der Waals surface area contributed by atoms with Gasteiger partial charge < -0.3 is 19.7 Å². The van der Waals surface area contributed by atoms with Crippen molar-refractivity contribution < 1.29 is 19.4 Å². The molecule has 1 heterocycles. The second-order valence-corrected chi connectivity index (χ2v) is 7.01. The first-order valence-electron chi connectivity index (χ1n) is 7.83. The van der Waals surface area contributed by atoms with Crippen molar-refractivity contribution in [2.24, 2.45) is 0 Å². The van der Waals surface area contributed by atoms with Crippen LogP contribution in [0.5, 0.6) is 0 Å². The summed E-state index contributed by atoms with van der Waals surface area (Å²) < 4.78 is 6.95. The standard InChI is InChI=1S/C17H23N3O4S/c1-17(11-24-2,8-16(22)23)19-15(21)9-20-13-7-5-4-6-12(13)18-14(20)10-25-3/h4-7H,8-11H2,1-3H3,(H,19,21)(H,22,23). The Balaban J connectivity index is 2.23. The van der Waals surface area contributed by atoms with Crippen LogP contribution >= 0.6 is 11.8 Å². The van der Waals surface area contributed by atoms with Crippen LogP contribution in [-0.4, -0.2) is 52.0 Å². The number of ether oxygens (including phenoxy) is 1. The molecule has 1 atom stereocenters. The zero-order valence-electron chi connectivity index (χ0n) is 14.6. The van der Waals surface area contributed by atoms with Gasteiger partial charge in [-0.2, -0.15) is 11.8 Å². The Labute approximate surface area is 150 Å². The Bertz CT molecular complexity index is 761. The average molecular weight is 365 g/mol. The predicted octanol–water partition coefficient (Wildman–Crippen LogP) is 1.90. The molecular weight excluding hydrogens is 342 g/mol. The van der Waals surface area contributed by atoms with E-state index in [1.165, 1.54) is 7.11 Å². The highest BCUT2D eigenvalue weighted by Crippen LogP contribution is 2.19. The number of nitrogens with zero attached hydrogens (tertiary/aromatic N) is 2. The highest BCUT2D eigenvalue weighted by Gasteiger charge is 2.30. The Kier molecular flexibility index (Phi) is 6.44. The molecule has 0 saturated heterocycles. The fourth-order valence-electron chi connectivity index (χ4n) is 2.84. The van der Waals surface area contributed by atoms with Crippen LogP contribution in [0.4, 0.5) is 0 Å². The lowest BCUT2D eigenvalue weighted by molar-refractivity contribution is -0.139. The van der Waals surface area contributed by atoms with Crippen LogP contribution in [0.2, 0.25) is 0 Å². The fourth-order valence-corrected chi connectivity index (χ4v) is 3.32. The lowest BCUT2D eigenvalue weighted by Gasteiger charge is -2.28. The van der Waals surface area contributed by atoms with E-state index < -0.39 is 11.5 Å². The number of carbonyl (C=O) groups excluding carboxylic acids is 1. The number of hydrogen-bond donors (Lipinski definition) is 2. The van der Waals surface area contributed by atoms with E-state index in [1.807, 2.05) is 35.1 Å². The molecule has 2 rings (SSSR count). The van der Waals surface area contributed by atoms with E-state index in [-0.39, 0.29) is 25.5 Å². The number of carbonyl (C=O) groups is 2. The third-order valence-corrected chi connectivity index (χ3v) is 4.30. The van der Waals surface area contributed by atoms with E-state index in [4.69, 9.17) is 9.84 Å². The molecule has 25 heavy (non-hydrogen) atoms. The zero-order valence-corrected chi connectivity index (χ0v) is 15.4. The van der Waals surface area contributed by atoms with Gasteiger partial charge in [-0.3, -0.25) is 9.59 Å². The first-order valence-corrected chi connectivity index (χ1v) is 9.23. The van der Waals surface area contributed by atoms with Gasteiger partial charge >= 0.3 is 5.97 Å². The summed E-state index contributed by atoms with van der Waals surface area (Å²) in [5, 5.41) is 11.9. The Morgan fingerprint density at radius 2 is 2.12 bits per heavy atom. The second-order valence-electron chi connectivity index (χ2n) is 6.15. The van der Waals surface area contributed by atoms with Gasteiger partial charge in [0.25, 0.3) is 0 Å². The summed E-state index contributed by atoms with van der Waals surface area (Å²) >= 11 is 1.63. The molecule has 0 radical (unpaired) electrons. The number of carboxylic acid groups (broad SMARTS) is 1. The number of imidazole rings is 1. The van der Waals surface area contributed by atoms with Gasteiger partial charge in [0.2, 0.25) is 5.91 Å². The largest absolute Gasteiger partial charge is 0.481 e. The number of para-hydroxylation sites is 2. The molecule has 0 bridgehead atoms. The Morgan fingerprint density at radius 1 is 1.40 bits per heavy atom. The summed E-state index contributed by atoms with van der Waals surface area (Å²) in [6.45, 7) is 1.86. The van der Waals surface area contributed by atoms with Crippen LogP contribution in [-0.2, 0) is 26.6 Å². The Hall–Kier alpha value is -2.06. The first kappa shape index (κ1) is 19.3. The summed E-state index contributed by atoms with van der Waals surface area (Å²) in [6, 6.07) is 7.64. The van der Waals surface area contributed by atoms with E-state index in [0.717, 1.165) is 16.9 Å². The SMILES string of the molecule is COCC(C)(CC(=O)O)NC(=O)Cn1c(CSC)nc2ccccc21. The lowest BCUT2D eigenvalue weighted by atomic mass is 9.99. The lowest BCUT2D eigenvalue weighted by Crippen LogP contribution is -2.51. The predicted molar refractivity (Wildman–Crippen MR) is 97.6 cm³/mol. The zero-order chi connectivity index (χ0) is 18.4. The van der Waals surface area contributed by atoms with E-state index in [1.54, 1.807) is 18.7 Å². The van der Waals surface area contributed by atoms with Crippen molar-refractivity contribution in [2.75, 3.05) is 20.0 Å². The normalized spacial score (nSPS) is 13.6. The smallest absolute Gasteiger partial charge is 0.305 e. The summed E-state index contributed by atoms with van der Waals surface area (Å²) in [6.07, 6.45) is 1.77. The minimum Gasteiger partial charge on any atom is -0.481 e. The number of carboxylic acids is 1. The summed E-state index contributed by atoms with van der Waals surface area (Å²) in [4.78, 5) is 28.2. The van der Waals surface area contributed by atoms with Crippen LogP contribution in [0, 0.1) is 0 Å². The van der Waals surface area contributed by atoms with E-state index >= 15 is 0 Å². The molecule has 0 aliphatic rings. The number of fused-ring (bicyclic) bond motifs is 1. The van der Waals surface area contributed by atoms with Gasteiger partial charge in [0.1, 0.15) is 12.4 Å². The van der Waals surface area contributed by atoms with Crippen molar-refractivity contribution in [3.8, 4) is 0 Å². The monoisotopic (exact) mass is 365 g/mol. The molecule has 1 unspecified atom stereocenters. The van der Waals surface area contributed by atoms with Crippen LogP contribution < -0.4 is 5.32 Å². The van der Waals surface area contributed by atoms with Gasteiger partial charge in [0.05, 0.1) is 35.4 Å². The maximum atomic E-state index is 12.6. The fraction of sp³-hybridized carbons (Fsp3) is 0.471. The minimum atomic E-state index is -0.990. The summed E-state index contributed by atoms with van der Waals surface area (Å²) in [5.41, 5.74) is 0.756. The molecular formula is C17H23N3O4S. The van der Waals surface area contributed by atoms with E-state index in [0.29, 0.717) is 5.75 Å². The van der Waals surface area contributed by atoms with Gasteiger partial charge in [-0.05, 0) is 25.3 Å². The number of hydrogen-bond acceptors (Lipinski definition) is 5. The van der Waals surface area contributed by atoms with Crippen molar-refractivity contribution in [2.45, 2.75) is 31.2 Å². The highest BCUT2D eigenvalue weighted by atomic mass is 32.2. The Morgan fingerprint density at radius 3 is 2.76 bits per heavy atom. The van der Waals surface area contributed by atoms with Crippen molar-refractivity contribution in [1.29, 1.82) is 0 Å². The van der Waals surface area contributed by atoms with Gasteiger partial charge in [-0.1, -0.05) is 12.1 Å². The molecule has 0 fully saturated rings. The van der Waals surface area contributed by atoms with Crippen LogP contribution in [0.15, 0.2) is 24.3 Å². The van der Waals surface area contributed by atoms with Crippen molar-refractivity contribution >= 4 is 34.7 Å². The molecule has 1 aromatic carbocycles. The third kappa shape index (κ3) is 4.96. The number of amides is 1. The topological polar surface area (TPSA) is 93.5 Å². The molecule has 0 aliphatic carbocycles. The van der Waals surface area contributed by atoms with Crippen molar-refractivity contribution in [3.05, 3.63) is 30.1 Å². The number of rotatable bonds is 9. The molecule has 2 N–H and O–H groups in total. The molecule has 1 amide bonds. The van der Waals surface area contributed by atoms with E-state index in [2.05, 4.69) is 10.3 Å². The molecule has 2 aromatic rings. The number of benzene rings is 1. The third-order valence-electron chi connectivity index (χ3n) is 3.75. The molecule has 0 spiro atoms. The number of aromatic nitrogens is 2. The molecule has 0 saturated carbocycles. The maximum Gasteiger partial charge on any atom is 0.305 e. The quantitative estimate of drug-likeness (QED) is 0.705. The maximum absolute atomic E-state index is 12.6. The number of thioether (sulfide) groups is 1. The summed E-state index contributed by atoms with van der Waals surface area (Å²) in [7, 11) is 1.48. The highest BCUT2D eigenvalue weighted by molar-refractivity contribution is 7.97. The van der Waals surface area contributed by atoms with Crippen LogP contribution in [0.1, 0.15) is 19.2 Å². The minimum absolute atomic E-state index is 0.0787. The average Bonchev–Trinajstić information content (AvgIpc) is 2.84. The van der Waals surface area contributed by atoms with Crippen molar-refractivity contribution in [1.82, 2.24) is 14.9 Å². The summed E-state index contributed by atoms with van der Waals surface area (Å²) in [5.74, 6) is 0.240. The van der Waals surface area contributed by atoms with Crippen LogP contribution in [0.3, 0.4) is 0 Å². The number of methoxy groups -OCH3 is 1. The van der Waals surface area contributed by atoms with Gasteiger partial charge in [-0.25, -0.2) is 4.98 Å². The van der Waals surface area contributed by atoms with E-state index in [9.17, 15) is 9.59 Å². The van der Waals surface area contributed by atoms with Gasteiger partial charge in [-0.15, -0.1) is 0 Å². The molecule has 0 aliphatic heterocycles. The molecule has 1 aromatic heterocycles. The number of nitrogens with one attached hydrogen (secondary N) is 1. The van der Waals surface area contributed by atoms with Crippen LogP contribution in [0.25, 0.3) is 11.0 Å². The van der Waals surface area contributed by atoms with Gasteiger partial charge in [0, 0.05) is 7.11 Å². The first-order chi connectivity index (χ1) is 11.9. The van der Waals surface area contributed by atoms with Gasteiger partial charge in [0.15, 0.2) is 0 Å².